The number of aryl methyl sites for hydroxylation is 4. The smallest absolute Gasteiger partial charge is 0.204 e. The molecule has 1 saturated heterocycles. The summed E-state index contributed by atoms with van der Waals surface area (Å²) in [6.07, 6.45) is 2.16. The van der Waals surface area contributed by atoms with Gasteiger partial charge in [-0.3, -0.25) is 4.98 Å². The predicted molar refractivity (Wildman–Crippen MR) is 113 cm³/mol. The monoisotopic (exact) mass is 379 g/mol. The van der Waals surface area contributed by atoms with E-state index in [1.807, 2.05) is 19.9 Å². The molecule has 0 spiro atoms. The summed E-state index contributed by atoms with van der Waals surface area (Å²) in [5.41, 5.74) is 6.91. The average molecular weight is 380 g/mol. The third-order valence-corrected chi connectivity index (χ3v) is 5.55. The van der Waals surface area contributed by atoms with Crippen LogP contribution < -0.4 is 10.6 Å². The van der Waals surface area contributed by atoms with Gasteiger partial charge in [0.2, 0.25) is 5.95 Å². The van der Waals surface area contributed by atoms with Crippen LogP contribution in [0.3, 0.4) is 0 Å². The molecule has 0 saturated carbocycles. The number of hydrogen-bond acceptors (Lipinski definition) is 5. The van der Waals surface area contributed by atoms with Gasteiger partial charge >= 0.3 is 0 Å². The van der Waals surface area contributed by atoms with Gasteiger partial charge in [0.25, 0.3) is 0 Å². The van der Waals surface area contributed by atoms with Crippen LogP contribution in [0.5, 0.6) is 5.75 Å². The van der Waals surface area contributed by atoms with Gasteiger partial charge in [0.1, 0.15) is 11.4 Å². The van der Waals surface area contributed by atoms with E-state index in [4.69, 9.17) is 4.98 Å². The zero-order valence-electron chi connectivity index (χ0n) is 17.1. The van der Waals surface area contributed by atoms with E-state index in [2.05, 4.69) is 46.2 Å². The number of nitrogens with one attached hydrogen (secondary N) is 2. The molecule has 0 bridgehead atoms. The topological polar surface area (TPSA) is 75.0 Å². The fraction of sp³-hybridized carbons (Fsp3) is 0.455. The fourth-order valence-corrected chi connectivity index (χ4v) is 4.16. The summed E-state index contributed by atoms with van der Waals surface area (Å²) in [4.78, 5) is 9.55. The summed E-state index contributed by atoms with van der Waals surface area (Å²) in [5.74, 6) is 1.13. The molecule has 0 aliphatic carbocycles. The Morgan fingerprint density at radius 2 is 1.82 bits per heavy atom. The molecular weight excluding hydrogens is 350 g/mol. The second-order valence-corrected chi connectivity index (χ2v) is 8.02. The van der Waals surface area contributed by atoms with Crippen molar-refractivity contribution in [3.63, 3.8) is 0 Å². The number of pyridine rings is 1. The maximum absolute atomic E-state index is 10.6. The summed E-state index contributed by atoms with van der Waals surface area (Å²) in [6, 6.07) is 6.65. The second kappa shape index (κ2) is 7.43. The Bertz CT molecular complexity index is 1020. The van der Waals surface area contributed by atoms with Gasteiger partial charge in [0, 0.05) is 11.7 Å². The first-order valence-corrected chi connectivity index (χ1v) is 10.0. The van der Waals surface area contributed by atoms with Crippen LogP contribution in [-0.2, 0) is 6.54 Å². The van der Waals surface area contributed by atoms with Gasteiger partial charge in [0.15, 0.2) is 0 Å². The minimum atomic E-state index is 0.268. The van der Waals surface area contributed by atoms with Crippen molar-refractivity contribution in [3.8, 4) is 5.75 Å². The van der Waals surface area contributed by atoms with E-state index >= 15 is 0 Å². The van der Waals surface area contributed by atoms with Crippen LogP contribution in [-0.4, -0.2) is 38.8 Å². The van der Waals surface area contributed by atoms with Crippen molar-refractivity contribution in [2.45, 2.75) is 53.1 Å². The summed E-state index contributed by atoms with van der Waals surface area (Å²) in [7, 11) is 0. The summed E-state index contributed by atoms with van der Waals surface area (Å²) in [6.45, 7) is 10.6. The molecule has 148 valence electrons. The Morgan fingerprint density at radius 1 is 1.07 bits per heavy atom. The predicted octanol–water partition coefficient (Wildman–Crippen LogP) is 3.58. The van der Waals surface area contributed by atoms with Gasteiger partial charge in [-0.05, 0) is 82.4 Å². The molecule has 1 aliphatic heterocycles. The lowest BCUT2D eigenvalue weighted by atomic mass is 10.1. The number of benzene rings is 1. The van der Waals surface area contributed by atoms with Crippen molar-refractivity contribution in [1.82, 2.24) is 19.9 Å². The van der Waals surface area contributed by atoms with E-state index in [-0.39, 0.29) is 5.75 Å². The first-order chi connectivity index (χ1) is 13.4. The SMILES string of the molecule is Cc1cc(C)c2nc(NC3CCNCC3)n(Cc3nc(C)cc(C)c3O)c2c1. The molecule has 3 N–H and O–H groups in total. The van der Waals surface area contributed by atoms with Gasteiger partial charge < -0.3 is 20.3 Å². The van der Waals surface area contributed by atoms with Crippen molar-refractivity contribution >= 4 is 17.0 Å². The summed E-state index contributed by atoms with van der Waals surface area (Å²) in [5, 5.41) is 17.7. The van der Waals surface area contributed by atoms with E-state index in [0.29, 0.717) is 18.3 Å². The molecule has 0 radical (unpaired) electrons. The van der Waals surface area contributed by atoms with Crippen molar-refractivity contribution < 1.29 is 5.11 Å². The fourth-order valence-electron chi connectivity index (χ4n) is 4.16. The third kappa shape index (κ3) is 3.56. The quantitative estimate of drug-likeness (QED) is 0.646. The molecule has 1 fully saturated rings. The first kappa shape index (κ1) is 18.7. The van der Waals surface area contributed by atoms with Crippen LogP contribution in [0.2, 0.25) is 0 Å². The molecule has 4 rings (SSSR count). The molecule has 2 aromatic heterocycles. The minimum absolute atomic E-state index is 0.268. The number of fused-ring (bicyclic) bond motifs is 1. The van der Waals surface area contributed by atoms with Gasteiger partial charge in [-0.25, -0.2) is 4.98 Å². The molecule has 0 unspecified atom stereocenters. The lowest BCUT2D eigenvalue weighted by Gasteiger charge is -2.24. The zero-order chi connectivity index (χ0) is 19.8. The van der Waals surface area contributed by atoms with Gasteiger partial charge in [-0.2, -0.15) is 0 Å². The minimum Gasteiger partial charge on any atom is -0.506 e. The number of rotatable bonds is 4. The molecule has 6 nitrogen and oxygen atoms in total. The molecular formula is C22H29N5O. The maximum atomic E-state index is 10.6. The highest BCUT2D eigenvalue weighted by Crippen LogP contribution is 2.29. The van der Waals surface area contributed by atoms with Crippen molar-refractivity contribution in [1.29, 1.82) is 0 Å². The Morgan fingerprint density at radius 3 is 2.57 bits per heavy atom. The highest BCUT2D eigenvalue weighted by molar-refractivity contribution is 5.83. The molecule has 1 aliphatic rings. The summed E-state index contributed by atoms with van der Waals surface area (Å²) >= 11 is 0. The number of hydrogen-bond donors (Lipinski definition) is 3. The number of imidazole rings is 1. The summed E-state index contributed by atoms with van der Waals surface area (Å²) < 4.78 is 2.16. The highest BCUT2D eigenvalue weighted by atomic mass is 16.3. The van der Waals surface area contributed by atoms with Crippen molar-refractivity contribution in [2.75, 3.05) is 18.4 Å². The Labute approximate surface area is 166 Å². The Hall–Kier alpha value is -2.60. The van der Waals surface area contributed by atoms with E-state index in [9.17, 15) is 5.11 Å². The molecule has 6 heteroatoms. The molecule has 28 heavy (non-hydrogen) atoms. The average Bonchev–Trinajstić information content (AvgIpc) is 2.98. The van der Waals surface area contributed by atoms with Crippen LogP contribution in [0.25, 0.3) is 11.0 Å². The standard InChI is InChI=1S/C22H29N5O/c1-13-9-14(2)20-19(10-13)27(12-18-21(28)15(3)11-16(4)24-18)22(26-20)25-17-5-7-23-8-6-17/h9-11,17,23,28H,5-8,12H2,1-4H3,(H,25,26). The molecule has 0 atom stereocenters. The number of nitrogens with zero attached hydrogens (tertiary/aromatic N) is 3. The molecule has 1 aromatic carbocycles. The van der Waals surface area contributed by atoms with Crippen LogP contribution in [0.4, 0.5) is 5.95 Å². The van der Waals surface area contributed by atoms with Gasteiger partial charge in [-0.1, -0.05) is 6.07 Å². The van der Waals surface area contributed by atoms with E-state index in [0.717, 1.165) is 54.2 Å². The zero-order valence-corrected chi connectivity index (χ0v) is 17.1. The van der Waals surface area contributed by atoms with Gasteiger partial charge in [0.05, 0.1) is 17.6 Å². The highest BCUT2D eigenvalue weighted by Gasteiger charge is 2.20. The van der Waals surface area contributed by atoms with E-state index < -0.39 is 0 Å². The van der Waals surface area contributed by atoms with E-state index in [1.54, 1.807) is 0 Å². The first-order valence-electron chi connectivity index (χ1n) is 10.0. The Balaban J connectivity index is 1.81. The lowest BCUT2D eigenvalue weighted by molar-refractivity contribution is 0.456. The van der Waals surface area contributed by atoms with Crippen LogP contribution in [0.15, 0.2) is 18.2 Å². The number of aromatic nitrogens is 3. The number of piperidine rings is 1. The maximum Gasteiger partial charge on any atom is 0.204 e. The third-order valence-electron chi connectivity index (χ3n) is 5.55. The van der Waals surface area contributed by atoms with Crippen molar-refractivity contribution in [3.05, 3.63) is 46.3 Å². The van der Waals surface area contributed by atoms with Crippen LogP contribution in [0, 0.1) is 27.7 Å². The van der Waals surface area contributed by atoms with E-state index in [1.165, 1.54) is 11.1 Å². The largest absolute Gasteiger partial charge is 0.506 e. The van der Waals surface area contributed by atoms with Gasteiger partial charge in [-0.15, -0.1) is 0 Å². The second-order valence-electron chi connectivity index (χ2n) is 8.02. The molecule has 3 heterocycles. The number of anilines is 1. The molecule has 0 amide bonds. The van der Waals surface area contributed by atoms with Crippen molar-refractivity contribution in [2.24, 2.45) is 0 Å². The lowest BCUT2D eigenvalue weighted by Crippen LogP contribution is -2.36. The Kier molecular flexibility index (Phi) is 4.98. The molecule has 3 aromatic rings. The normalized spacial score (nSPS) is 15.3. The van der Waals surface area contributed by atoms with Crippen LogP contribution in [0.1, 0.15) is 40.9 Å². The number of aromatic hydroxyl groups is 1. The van der Waals surface area contributed by atoms with Crippen LogP contribution >= 0.6 is 0 Å².